The highest BCUT2D eigenvalue weighted by atomic mass is 35.5. The van der Waals surface area contributed by atoms with Gasteiger partial charge in [0, 0.05) is 38.1 Å². The highest BCUT2D eigenvalue weighted by Gasteiger charge is 2.40. The average molecular weight is 355 g/mol. The highest BCUT2D eigenvalue weighted by Crippen LogP contribution is 2.33. The summed E-state index contributed by atoms with van der Waals surface area (Å²) in [5.74, 6) is 0.147. The van der Waals surface area contributed by atoms with Crippen LogP contribution in [0.1, 0.15) is 18.4 Å². The zero-order valence-corrected chi connectivity index (χ0v) is 14.9. The Hall–Kier alpha value is -1.14. The number of hydrogen-bond acceptors (Lipinski definition) is 4. The number of ether oxygens (including phenoxy) is 1. The van der Waals surface area contributed by atoms with Gasteiger partial charge in [0.1, 0.15) is 0 Å². The molecule has 3 rings (SSSR count). The van der Waals surface area contributed by atoms with Gasteiger partial charge < -0.3 is 15.4 Å². The second-order valence-corrected chi connectivity index (χ2v) is 6.93. The Morgan fingerprint density at radius 2 is 2.04 bits per heavy atom. The normalized spacial score (nSPS) is 16.8. The van der Waals surface area contributed by atoms with Gasteiger partial charge in [0.05, 0.1) is 5.41 Å². The van der Waals surface area contributed by atoms with Crippen LogP contribution < -0.4 is 5.73 Å². The number of carbonyl (C=O) groups is 1. The van der Waals surface area contributed by atoms with E-state index in [0.29, 0.717) is 26.3 Å². The Balaban J connectivity index is 0.00000192. The summed E-state index contributed by atoms with van der Waals surface area (Å²) in [4.78, 5) is 14.7. The van der Waals surface area contributed by atoms with E-state index in [1.165, 1.54) is 15.6 Å². The van der Waals surface area contributed by atoms with Gasteiger partial charge in [-0.05, 0) is 35.2 Å². The van der Waals surface area contributed by atoms with E-state index in [2.05, 4.69) is 17.5 Å². The number of rotatable bonds is 4. The van der Waals surface area contributed by atoms with E-state index in [-0.39, 0.29) is 18.3 Å². The molecule has 0 aliphatic carbocycles. The van der Waals surface area contributed by atoms with Crippen LogP contribution in [-0.4, -0.2) is 37.6 Å². The quantitative estimate of drug-likeness (QED) is 0.918. The van der Waals surface area contributed by atoms with E-state index in [1.807, 2.05) is 24.1 Å². The Kier molecular flexibility index (Phi) is 6.03. The number of nitrogens with zero attached hydrogens (tertiary/aromatic N) is 1. The molecular weight excluding hydrogens is 332 g/mol. The highest BCUT2D eigenvalue weighted by molar-refractivity contribution is 7.17. The summed E-state index contributed by atoms with van der Waals surface area (Å²) in [7, 11) is 1.88. The number of halogens is 1. The predicted octanol–water partition coefficient (Wildman–Crippen LogP) is 3.04. The fourth-order valence-corrected chi connectivity index (χ4v) is 4.11. The molecule has 2 heterocycles. The maximum Gasteiger partial charge on any atom is 0.230 e. The molecule has 0 unspecified atom stereocenters. The van der Waals surface area contributed by atoms with Crippen molar-refractivity contribution in [3.8, 4) is 0 Å². The van der Waals surface area contributed by atoms with Crippen molar-refractivity contribution in [3.63, 3.8) is 0 Å². The van der Waals surface area contributed by atoms with E-state index < -0.39 is 5.41 Å². The molecule has 4 nitrogen and oxygen atoms in total. The van der Waals surface area contributed by atoms with E-state index in [0.717, 1.165) is 12.8 Å². The summed E-state index contributed by atoms with van der Waals surface area (Å²) in [6.07, 6.45) is 1.44. The first kappa shape index (κ1) is 18.2. The van der Waals surface area contributed by atoms with Crippen LogP contribution in [0.2, 0.25) is 0 Å². The molecule has 1 aromatic carbocycles. The van der Waals surface area contributed by atoms with Crippen molar-refractivity contribution in [3.05, 3.63) is 35.2 Å². The summed E-state index contributed by atoms with van der Waals surface area (Å²) >= 11 is 1.73. The molecule has 6 heteroatoms. The Labute approximate surface area is 147 Å². The zero-order valence-electron chi connectivity index (χ0n) is 13.3. The molecule has 1 fully saturated rings. The van der Waals surface area contributed by atoms with Gasteiger partial charge in [-0.15, -0.1) is 23.7 Å². The first-order chi connectivity index (χ1) is 10.7. The summed E-state index contributed by atoms with van der Waals surface area (Å²) in [5, 5.41) is 3.38. The number of hydrogen-bond donors (Lipinski definition) is 1. The minimum absolute atomic E-state index is 0. The molecule has 126 valence electrons. The molecule has 2 aromatic rings. The van der Waals surface area contributed by atoms with Crippen LogP contribution in [0.5, 0.6) is 0 Å². The van der Waals surface area contributed by atoms with E-state index in [4.69, 9.17) is 10.5 Å². The van der Waals surface area contributed by atoms with Gasteiger partial charge in [0.15, 0.2) is 0 Å². The second-order valence-electron chi connectivity index (χ2n) is 6.02. The lowest BCUT2D eigenvalue weighted by molar-refractivity contribution is -0.146. The largest absolute Gasteiger partial charge is 0.381 e. The molecule has 1 aliphatic heterocycles. The number of nitrogens with two attached hydrogens (primary N) is 1. The number of thiophene rings is 1. The summed E-state index contributed by atoms with van der Waals surface area (Å²) < 4.78 is 6.66. The number of amides is 1. The first-order valence-corrected chi connectivity index (χ1v) is 8.53. The van der Waals surface area contributed by atoms with Crippen LogP contribution in [0.15, 0.2) is 29.6 Å². The molecular formula is C17H23ClN2O2S. The lowest BCUT2D eigenvalue weighted by atomic mass is 9.79. The lowest BCUT2D eigenvalue weighted by Gasteiger charge is -2.37. The third-order valence-electron chi connectivity index (χ3n) is 4.61. The van der Waals surface area contributed by atoms with Crippen molar-refractivity contribution in [2.24, 2.45) is 11.1 Å². The average Bonchev–Trinajstić information content (AvgIpc) is 2.98. The fourth-order valence-electron chi connectivity index (χ4n) is 3.15. The van der Waals surface area contributed by atoms with Crippen molar-refractivity contribution in [1.82, 2.24) is 4.90 Å². The van der Waals surface area contributed by atoms with Gasteiger partial charge in [0.2, 0.25) is 5.91 Å². The van der Waals surface area contributed by atoms with Crippen molar-refractivity contribution in [1.29, 1.82) is 0 Å². The minimum atomic E-state index is -0.446. The molecule has 0 radical (unpaired) electrons. The van der Waals surface area contributed by atoms with Crippen LogP contribution in [0, 0.1) is 5.41 Å². The molecule has 0 atom stereocenters. The van der Waals surface area contributed by atoms with E-state index >= 15 is 0 Å². The van der Waals surface area contributed by atoms with Crippen LogP contribution >= 0.6 is 23.7 Å². The lowest BCUT2D eigenvalue weighted by Crippen LogP contribution is -2.49. The van der Waals surface area contributed by atoms with E-state index in [9.17, 15) is 4.79 Å². The van der Waals surface area contributed by atoms with E-state index in [1.54, 1.807) is 11.3 Å². The third-order valence-corrected chi connectivity index (χ3v) is 5.62. The molecule has 0 bridgehead atoms. The summed E-state index contributed by atoms with van der Waals surface area (Å²) in [5.41, 5.74) is 6.70. The van der Waals surface area contributed by atoms with Crippen LogP contribution in [-0.2, 0) is 16.1 Å². The molecule has 1 aromatic heterocycles. The molecule has 23 heavy (non-hydrogen) atoms. The second kappa shape index (κ2) is 7.62. The molecule has 0 saturated carbocycles. The SMILES string of the molecule is CN(Cc1csc2ccccc12)C(=O)C1(CN)CCOCC1.Cl. The van der Waals surface area contributed by atoms with Gasteiger partial charge >= 0.3 is 0 Å². The molecule has 1 saturated heterocycles. The van der Waals surface area contributed by atoms with Crippen molar-refractivity contribution in [2.75, 3.05) is 26.8 Å². The Morgan fingerprint density at radius 1 is 1.35 bits per heavy atom. The topological polar surface area (TPSA) is 55.6 Å². The predicted molar refractivity (Wildman–Crippen MR) is 97.1 cm³/mol. The van der Waals surface area contributed by atoms with Gasteiger partial charge in [-0.1, -0.05) is 18.2 Å². The maximum atomic E-state index is 12.9. The Morgan fingerprint density at radius 3 is 2.74 bits per heavy atom. The van der Waals surface area contributed by atoms with Gasteiger partial charge in [-0.25, -0.2) is 0 Å². The summed E-state index contributed by atoms with van der Waals surface area (Å²) in [6.45, 7) is 2.27. The maximum absolute atomic E-state index is 12.9. The number of carbonyl (C=O) groups excluding carboxylic acids is 1. The van der Waals surface area contributed by atoms with Crippen LogP contribution in [0.25, 0.3) is 10.1 Å². The van der Waals surface area contributed by atoms with Crippen molar-refractivity contribution < 1.29 is 9.53 Å². The Bertz CT molecular complexity index is 667. The monoisotopic (exact) mass is 354 g/mol. The minimum Gasteiger partial charge on any atom is -0.381 e. The molecule has 1 amide bonds. The van der Waals surface area contributed by atoms with Crippen LogP contribution in [0.3, 0.4) is 0 Å². The number of fused-ring (bicyclic) bond motifs is 1. The zero-order chi connectivity index (χ0) is 15.6. The van der Waals surface area contributed by atoms with Crippen molar-refractivity contribution in [2.45, 2.75) is 19.4 Å². The summed E-state index contributed by atoms with van der Waals surface area (Å²) in [6, 6.07) is 8.32. The molecule has 0 spiro atoms. The molecule has 1 aliphatic rings. The first-order valence-electron chi connectivity index (χ1n) is 7.65. The van der Waals surface area contributed by atoms with Crippen molar-refractivity contribution >= 4 is 39.7 Å². The fraction of sp³-hybridized carbons (Fsp3) is 0.471. The third kappa shape index (κ3) is 3.53. The van der Waals surface area contributed by atoms with Gasteiger partial charge in [-0.3, -0.25) is 4.79 Å². The van der Waals surface area contributed by atoms with Crippen LogP contribution in [0.4, 0.5) is 0 Å². The van der Waals surface area contributed by atoms with Gasteiger partial charge in [0.25, 0.3) is 0 Å². The van der Waals surface area contributed by atoms with Gasteiger partial charge in [-0.2, -0.15) is 0 Å². The standard InChI is InChI=1S/C17H22N2O2S.ClH/c1-19(16(20)17(12-18)6-8-21-9-7-17)10-13-11-22-15-5-3-2-4-14(13)15;/h2-5,11H,6-10,12,18H2,1H3;1H. The molecule has 2 N–H and O–H groups in total. The smallest absolute Gasteiger partial charge is 0.230 e. The number of benzene rings is 1.